The van der Waals surface area contributed by atoms with Crippen LogP contribution in [0, 0.1) is 17.2 Å². The Labute approximate surface area is 195 Å². The third-order valence-corrected chi connectivity index (χ3v) is 5.57. The minimum Gasteiger partial charge on any atom is -0.378 e. The number of carbonyl (C=O) groups is 2. The molecule has 3 atom stereocenters. The molecule has 2 unspecified atom stereocenters. The number of halogens is 3. The van der Waals surface area contributed by atoms with Crippen molar-refractivity contribution in [1.29, 1.82) is 5.26 Å². The van der Waals surface area contributed by atoms with E-state index < -0.39 is 30.2 Å². The number of hydrazine groups is 1. The fourth-order valence-corrected chi connectivity index (χ4v) is 3.82. The van der Waals surface area contributed by atoms with Crippen LogP contribution in [-0.4, -0.2) is 86.0 Å². The number of carbonyl (C=O) groups excluding carboxylic acids is 2. The maximum absolute atomic E-state index is 13.2. The molecule has 186 valence electrons. The summed E-state index contributed by atoms with van der Waals surface area (Å²) in [5, 5.41) is 8.85. The van der Waals surface area contributed by atoms with Gasteiger partial charge in [-0.1, -0.05) is 0 Å². The molecule has 34 heavy (non-hydrogen) atoms. The number of ether oxygens (including phenoxy) is 2. The van der Waals surface area contributed by atoms with E-state index in [1.54, 1.807) is 24.0 Å². The Balaban J connectivity index is 1.35. The summed E-state index contributed by atoms with van der Waals surface area (Å²) < 4.78 is 50.3. The molecule has 0 aromatic carbocycles. The zero-order valence-electron chi connectivity index (χ0n) is 18.7. The highest BCUT2D eigenvalue weighted by atomic mass is 19.4. The van der Waals surface area contributed by atoms with Gasteiger partial charge in [0, 0.05) is 38.9 Å². The molecule has 2 saturated heterocycles. The zero-order chi connectivity index (χ0) is 24.7. The maximum Gasteiger partial charge on any atom is 0.403 e. The van der Waals surface area contributed by atoms with Gasteiger partial charge in [-0.15, -0.1) is 0 Å². The topological polar surface area (TPSA) is 120 Å². The monoisotopic (exact) mass is 484 g/mol. The molecule has 0 saturated carbocycles. The smallest absolute Gasteiger partial charge is 0.378 e. The lowest BCUT2D eigenvalue weighted by atomic mass is 9.99. The first-order valence-electron chi connectivity index (χ1n) is 10.9. The van der Waals surface area contributed by atoms with Gasteiger partial charge >= 0.3 is 6.18 Å². The van der Waals surface area contributed by atoms with Crippen molar-refractivity contribution in [2.75, 3.05) is 50.8 Å². The molecule has 2 fully saturated rings. The molecule has 3 rings (SSSR count). The van der Waals surface area contributed by atoms with Gasteiger partial charge in [0.05, 0.1) is 37.4 Å². The Morgan fingerprint density at radius 1 is 1.32 bits per heavy atom. The lowest BCUT2D eigenvalue weighted by molar-refractivity contribution is -0.219. The largest absolute Gasteiger partial charge is 0.403 e. The van der Waals surface area contributed by atoms with Crippen LogP contribution in [0.25, 0.3) is 0 Å². The summed E-state index contributed by atoms with van der Waals surface area (Å²) in [6.07, 6.45) is -5.13. The van der Waals surface area contributed by atoms with Crippen LogP contribution in [-0.2, 0) is 19.1 Å². The third-order valence-electron chi connectivity index (χ3n) is 5.57. The van der Waals surface area contributed by atoms with Gasteiger partial charge in [0.2, 0.25) is 11.8 Å². The fraction of sp³-hybridized carbons (Fsp3) is 0.619. The van der Waals surface area contributed by atoms with Crippen LogP contribution in [0.2, 0.25) is 0 Å². The van der Waals surface area contributed by atoms with Crippen molar-refractivity contribution in [3.63, 3.8) is 0 Å². The minimum absolute atomic E-state index is 0.00584. The molecule has 13 heteroatoms. The first kappa shape index (κ1) is 25.7. The quantitative estimate of drug-likeness (QED) is 0.515. The molecule has 0 spiro atoms. The molecular weight excluding hydrogens is 457 g/mol. The second-order valence-corrected chi connectivity index (χ2v) is 8.08. The number of nitriles is 1. The van der Waals surface area contributed by atoms with E-state index in [1.165, 1.54) is 6.20 Å². The maximum atomic E-state index is 13.2. The van der Waals surface area contributed by atoms with Gasteiger partial charge in [0.15, 0.2) is 5.92 Å². The molecule has 2 amide bonds. The standard InChI is InChI=1S/C21H27F3N6O4/c1-14(34-16-12-27-28-20(32)19(16)21(22,23)24)13-33-9-4-18(31)30-7-5-29(6-8-30)17-3-2-15(10-25)11-26-17/h2-3,11,14,16,19,27H,4-9,12-13H2,1H3,(H,28,32)/t14-,16?,19?/m1/s1. The van der Waals surface area contributed by atoms with E-state index in [2.05, 4.69) is 10.4 Å². The number of anilines is 1. The summed E-state index contributed by atoms with van der Waals surface area (Å²) in [6, 6.07) is 5.50. The number of rotatable bonds is 8. The van der Waals surface area contributed by atoms with Crippen LogP contribution < -0.4 is 15.8 Å². The molecule has 3 heterocycles. The first-order valence-corrected chi connectivity index (χ1v) is 10.9. The third kappa shape index (κ3) is 6.78. The van der Waals surface area contributed by atoms with E-state index in [1.807, 2.05) is 16.4 Å². The second-order valence-electron chi connectivity index (χ2n) is 8.08. The molecule has 2 aliphatic heterocycles. The van der Waals surface area contributed by atoms with Crippen molar-refractivity contribution in [1.82, 2.24) is 20.7 Å². The summed E-state index contributed by atoms with van der Waals surface area (Å²) in [5.41, 5.74) is 4.85. The van der Waals surface area contributed by atoms with Gasteiger partial charge in [-0.2, -0.15) is 18.4 Å². The molecule has 10 nitrogen and oxygen atoms in total. The predicted octanol–water partition coefficient (Wildman–Crippen LogP) is 0.595. The van der Waals surface area contributed by atoms with Crippen LogP contribution in [0.5, 0.6) is 0 Å². The minimum atomic E-state index is -4.72. The fourth-order valence-electron chi connectivity index (χ4n) is 3.82. The summed E-state index contributed by atoms with van der Waals surface area (Å²) in [6.45, 7) is 3.75. The molecule has 0 radical (unpaired) electrons. The van der Waals surface area contributed by atoms with Crippen LogP contribution in [0.3, 0.4) is 0 Å². The molecule has 0 aliphatic carbocycles. The number of pyridine rings is 1. The lowest BCUT2D eigenvalue weighted by Crippen LogP contribution is -2.60. The number of piperazine rings is 1. The second kappa shape index (κ2) is 11.5. The first-order chi connectivity index (χ1) is 16.2. The van der Waals surface area contributed by atoms with E-state index >= 15 is 0 Å². The van der Waals surface area contributed by atoms with Crippen molar-refractivity contribution in [3.05, 3.63) is 23.9 Å². The molecule has 2 aliphatic rings. The number of hydrogen-bond donors (Lipinski definition) is 2. The van der Waals surface area contributed by atoms with Crippen LogP contribution >= 0.6 is 0 Å². The molecule has 1 aromatic rings. The SMILES string of the molecule is C[C@H](COCCC(=O)N1CCN(c2ccc(C#N)cn2)CC1)OC1CNNC(=O)C1C(F)(F)F. The van der Waals surface area contributed by atoms with Crippen molar-refractivity contribution >= 4 is 17.6 Å². The Hall–Kier alpha value is -2.95. The van der Waals surface area contributed by atoms with Crippen molar-refractivity contribution in [2.24, 2.45) is 5.92 Å². The van der Waals surface area contributed by atoms with Crippen LogP contribution in [0.1, 0.15) is 18.9 Å². The normalized spacial score (nSPS) is 22.1. The van der Waals surface area contributed by atoms with Gasteiger partial charge in [-0.3, -0.25) is 15.0 Å². The zero-order valence-corrected chi connectivity index (χ0v) is 18.7. The van der Waals surface area contributed by atoms with Gasteiger partial charge in [-0.05, 0) is 19.1 Å². The summed E-state index contributed by atoms with van der Waals surface area (Å²) in [4.78, 5) is 32.0. The average molecular weight is 484 g/mol. The van der Waals surface area contributed by atoms with E-state index in [4.69, 9.17) is 14.7 Å². The molecule has 2 N–H and O–H groups in total. The number of nitrogens with zero attached hydrogens (tertiary/aromatic N) is 4. The number of hydrogen-bond acceptors (Lipinski definition) is 8. The van der Waals surface area contributed by atoms with E-state index in [9.17, 15) is 22.8 Å². The number of aromatic nitrogens is 1. The van der Waals surface area contributed by atoms with E-state index in [-0.39, 0.29) is 32.1 Å². The van der Waals surface area contributed by atoms with Crippen LogP contribution in [0.4, 0.5) is 19.0 Å². The average Bonchev–Trinajstić information content (AvgIpc) is 2.81. The van der Waals surface area contributed by atoms with E-state index in [0.29, 0.717) is 31.7 Å². The lowest BCUT2D eigenvalue weighted by Gasteiger charge is -2.35. The Morgan fingerprint density at radius 3 is 2.68 bits per heavy atom. The summed E-state index contributed by atoms with van der Waals surface area (Å²) >= 11 is 0. The highest BCUT2D eigenvalue weighted by Crippen LogP contribution is 2.32. The molecular formula is C21H27F3N6O4. The number of alkyl halides is 3. The van der Waals surface area contributed by atoms with Gasteiger partial charge in [-0.25, -0.2) is 10.4 Å². The van der Waals surface area contributed by atoms with Crippen LogP contribution in [0.15, 0.2) is 18.3 Å². The van der Waals surface area contributed by atoms with Gasteiger partial charge in [0.1, 0.15) is 11.9 Å². The Morgan fingerprint density at radius 2 is 2.06 bits per heavy atom. The van der Waals surface area contributed by atoms with Gasteiger partial charge < -0.3 is 19.3 Å². The number of amides is 2. The highest BCUT2D eigenvalue weighted by Gasteiger charge is 2.52. The summed E-state index contributed by atoms with van der Waals surface area (Å²) in [7, 11) is 0. The molecule has 0 bridgehead atoms. The predicted molar refractivity (Wildman–Crippen MR) is 113 cm³/mol. The Bertz CT molecular complexity index is 884. The van der Waals surface area contributed by atoms with Crippen molar-refractivity contribution in [3.8, 4) is 6.07 Å². The van der Waals surface area contributed by atoms with Gasteiger partial charge in [0.25, 0.3) is 0 Å². The highest BCUT2D eigenvalue weighted by molar-refractivity contribution is 5.80. The van der Waals surface area contributed by atoms with Crippen molar-refractivity contribution in [2.45, 2.75) is 31.7 Å². The van der Waals surface area contributed by atoms with E-state index in [0.717, 1.165) is 5.82 Å². The summed E-state index contributed by atoms with van der Waals surface area (Å²) in [5.74, 6) is -2.76. The number of nitrogens with one attached hydrogen (secondary N) is 2. The van der Waals surface area contributed by atoms with Crippen molar-refractivity contribution < 1.29 is 32.2 Å². The Kier molecular flexibility index (Phi) is 8.65. The molecule has 1 aromatic heterocycles.